The van der Waals surface area contributed by atoms with Gasteiger partial charge in [-0.3, -0.25) is 0 Å². The van der Waals surface area contributed by atoms with Crippen molar-refractivity contribution in [2.24, 2.45) is 0 Å². The number of benzene rings is 1. The van der Waals surface area contributed by atoms with E-state index in [9.17, 15) is 22.8 Å². The molecule has 0 spiro atoms. The van der Waals surface area contributed by atoms with Crippen molar-refractivity contribution in [3.63, 3.8) is 0 Å². The Bertz CT molecular complexity index is 483. The average molecular weight is 281 g/mol. The van der Waals surface area contributed by atoms with Gasteiger partial charge in [-0.15, -0.1) is 0 Å². The average Bonchev–Trinajstić information content (AvgIpc) is 2.28. The lowest BCUT2D eigenvalue weighted by Gasteiger charge is -2.13. The smallest absolute Gasteiger partial charge is 0.417 e. The largest absolute Gasteiger partial charge is 0.465 e. The number of hydrogen-bond acceptors (Lipinski definition) is 3. The van der Waals surface area contributed by atoms with Gasteiger partial charge in [0.2, 0.25) is 0 Å². The van der Waals surface area contributed by atoms with Crippen LogP contribution in [0.2, 0.25) is 5.02 Å². The molecule has 0 aromatic heterocycles. The summed E-state index contributed by atoms with van der Waals surface area (Å²) in [6.45, 7) is 0. The molecule has 1 aromatic rings. The topological polar surface area (TPSA) is 43.4 Å². The molecule has 0 amide bonds. The second-order valence-corrected chi connectivity index (χ2v) is 3.76. The van der Waals surface area contributed by atoms with Crippen molar-refractivity contribution in [1.82, 2.24) is 0 Å². The number of carbonyl (C=O) groups excluding carboxylic acids is 2. The third kappa shape index (κ3) is 3.01. The second-order valence-electron chi connectivity index (χ2n) is 3.35. The Morgan fingerprint density at radius 3 is 2.50 bits per heavy atom. The number of hydrogen-bond donors (Lipinski definition) is 0. The van der Waals surface area contributed by atoms with Crippen molar-refractivity contribution in [2.45, 2.75) is 12.6 Å². The molecule has 0 saturated heterocycles. The highest BCUT2D eigenvalue weighted by Gasteiger charge is 2.34. The Morgan fingerprint density at radius 1 is 1.44 bits per heavy atom. The first-order valence-corrected chi connectivity index (χ1v) is 5.10. The summed E-state index contributed by atoms with van der Waals surface area (Å²) in [5.41, 5.74) is -1.31. The number of aldehydes is 1. The third-order valence-electron chi connectivity index (χ3n) is 2.21. The minimum Gasteiger partial charge on any atom is -0.465 e. The van der Waals surface area contributed by atoms with Crippen LogP contribution in [0.15, 0.2) is 12.1 Å². The summed E-state index contributed by atoms with van der Waals surface area (Å²) in [7, 11) is 1.08. The molecular formula is C11H8ClF3O3. The molecule has 0 radical (unpaired) electrons. The van der Waals surface area contributed by atoms with Gasteiger partial charge in [0.25, 0.3) is 0 Å². The zero-order chi connectivity index (χ0) is 13.9. The van der Waals surface area contributed by atoms with Crippen LogP contribution in [0.1, 0.15) is 21.5 Å². The van der Waals surface area contributed by atoms with Gasteiger partial charge in [-0.25, -0.2) is 4.79 Å². The Labute approximate surface area is 105 Å². The molecule has 0 fully saturated rings. The summed E-state index contributed by atoms with van der Waals surface area (Å²) in [4.78, 5) is 21.8. The summed E-state index contributed by atoms with van der Waals surface area (Å²) >= 11 is 5.47. The molecule has 1 aromatic carbocycles. The van der Waals surface area contributed by atoms with Crippen molar-refractivity contribution in [1.29, 1.82) is 0 Å². The molecule has 0 aliphatic rings. The SMILES string of the molecule is COC(=O)c1cc(Cl)c(C(F)(F)F)cc1CC=O. The van der Waals surface area contributed by atoms with Crippen LogP contribution in [0.3, 0.4) is 0 Å². The molecule has 0 bridgehead atoms. The number of methoxy groups -OCH3 is 1. The Balaban J connectivity index is 3.43. The molecule has 1 rings (SSSR count). The van der Waals surface area contributed by atoms with Gasteiger partial charge in [0, 0.05) is 6.42 Å². The van der Waals surface area contributed by atoms with Gasteiger partial charge >= 0.3 is 12.1 Å². The minimum atomic E-state index is -4.65. The predicted octanol–water partition coefficient (Wildman–Crippen LogP) is 2.89. The molecule has 0 aliphatic carbocycles. The van der Waals surface area contributed by atoms with Crippen LogP contribution in [0.25, 0.3) is 0 Å². The third-order valence-corrected chi connectivity index (χ3v) is 2.52. The van der Waals surface area contributed by atoms with Gasteiger partial charge in [-0.05, 0) is 17.7 Å². The van der Waals surface area contributed by atoms with E-state index in [0.29, 0.717) is 12.4 Å². The zero-order valence-corrected chi connectivity index (χ0v) is 9.93. The van der Waals surface area contributed by atoms with Crippen LogP contribution < -0.4 is 0 Å². The molecule has 98 valence electrons. The van der Waals surface area contributed by atoms with Crippen molar-refractivity contribution in [3.8, 4) is 0 Å². The van der Waals surface area contributed by atoms with E-state index in [-0.39, 0.29) is 17.5 Å². The molecule has 0 heterocycles. The molecule has 0 saturated carbocycles. The maximum absolute atomic E-state index is 12.6. The molecule has 3 nitrogen and oxygen atoms in total. The number of rotatable bonds is 3. The fourth-order valence-corrected chi connectivity index (χ4v) is 1.66. The summed E-state index contributed by atoms with van der Waals surface area (Å²) in [5.74, 6) is -0.845. The van der Waals surface area contributed by atoms with Crippen LogP contribution in [-0.2, 0) is 22.1 Å². The normalized spacial score (nSPS) is 11.2. The maximum atomic E-state index is 12.6. The van der Waals surface area contributed by atoms with Gasteiger partial charge in [-0.2, -0.15) is 13.2 Å². The first-order chi connectivity index (χ1) is 8.31. The molecule has 0 N–H and O–H groups in total. The number of ether oxygens (including phenoxy) is 1. The Hall–Kier alpha value is -1.56. The van der Waals surface area contributed by atoms with Gasteiger partial charge in [0.05, 0.1) is 23.3 Å². The lowest BCUT2D eigenvalue weighted by atomic mass is 10.0. The van der Waals surface area contributed by atoms with E-state index >= 15 is 0 Å². The lowest BCUT2D eigenvalue weighted by molar-refractivity contribution is -0.137. The summed E-state index contributed by atoms with van der Waals surface area (Å²) in [6.07, 6.45) is -4.58. The highest BCUT2D eigenvalue weighted by atomic mass is 35.5. The highest BCUT2D eigenvalue weighted by molar-refractivity contribution is 6.31. The van der Waals surface area contributed by atoms with E-state index in [1.54, 1.807) is 0 Å². The number of esters is 1. The predicted molar refractivity (Wildman–Crippen MR) is 57.6 cm³/mol. The van der Waals surface area contributed by atoms with Gasteiger partial charge < -0.3 is 9.53 Å². The molecule has 18 heavy (non-hydrogen) atoms. The van der Waals surface area contributed by atoms with Crippen LogP contribution in [0.4, 0.5) is 13.2 Å². The summed E-state index contributed by atoms with van der Waals surface area (Å²) in [6, 6.07) is 1.54. The van der Waals surface area contributed by atoms with E-state index in [1.165, 1.54) is 0 Å². The first-order valence-electron chi connectivity index (χ1n) is 4.72. The van der Waals surface area contributed by atoms with Gasteiger partial charge in [0.1, 0.15) is 6.29 Å². The summed E-state index contributed by atoms with van der Waals surface area (Å²) < 4.78 is 42.2. The van der Waals surface area contributed by atoms with Crippen molar-refractivity contribution in [3.05, 3.63) is 33.8 Å². The van der Waals surface area contributed by atoms with Crippen LogP contribution in [0.5, 0.6) is 0 Å². The van der Waals surface area contributed by atoms with Crippen molar-refractivity contribution >= 4 is 23.9 Å². The first kappa shape index (κ1) is 14.5. The Kier molecular flexibility index (Phi) is 4.34. The van der Waals surface area contributed by atoms with Crippen molar-refractivity contribution in [2.75, 3.05) is 7.11 Å². The number of carbonyl (C=O) groups is 2. The Morgan fingerprint density at radius 2 is 2.06 bits per heavy atom. The van der Waals surface area contributed by atoms with Crippen LogP contribution in [0, 0.1) is 0 Å². The van der Waals surface area contributed by atoms with Crippen molar-refractivity contribution < 1.29 is 27.5 Å². The molecule has 0 unspecified atom stereocenters. The quantitative estimate of drug-likeness (QED) is 0.631. The zero-order valence-electron chi connectivity index (χ0n) is 9.18. The molecule has 7 heteroatoms. The molecule has 0 aliphatic heterocycles. The minimum absolute atomic E-state index is 0.0754. The maximum Gasteiger partial charge on any atom is 0.417 e. The summed E-state index contributed by atoms with van der Waals surface area (Å²) in [5, 5.41) is -0.613. The number of alkyl halides is 3. The van der Waals surface area contributed by atoms with E-state index in [0.717, 1.165) is 13.2 Å². The van der Waals surface area contributed by atoms with Gasteiger partial charge in [0.15, 0.2) is 0 Å². The number of halogens is 4. The van der Waals surface area contributed by atoms with E-state index < -0.39 is 22.7 Å². The van der Waals surface area contributed by atoms with E-state index in [1.807, 2.05) is 0 Å². The fourth-order valence-electron chi connectivity index (χ4n) is 1.39. The standard InChI is InChI=1S/C11H8ClF3O3/c1-18-10(17)7-5-9(12)8(11(13,14)15)4-6(7)2-3-16/h3-5H,2H2,1H3. The van der Waals surface area contributed by atoms with Gasteiger partial charge in [-0.1, -0.05) is 11.6 Å². The highest BCUT2D eigenvalue weighted by Crippen LogP contribution is 2.36. The monoisotopic (exact) mass is 280 g/mol. The molecule has 0 atom stereocenters. The van der Waals surface area contributed by atoms with E-state index in [4.69, 9.17) is 11.6 Å². The van der Waals surface area contributed by atoms with E-state index in [2.05, 4.69) is 4.74 Å². The fraction of sp³-hybridized carbons (Fsp3) is 0.273. The van der Waals surface area contributed by atoms with Crippen LogP contribution >= 0.6 is 11.6 Å². The van der Waals surface area contributed by atoms with Crippen LogP contribution in [-0.4, -0.2) is 19.4 Å². The second kappa shape index (κ2) is 5.39. The lowest BCUT2D eigenvalue weighted by Crippen LogP contribution is -2.12. The molecular weight excluding hydrogens is 273 g/mol.